The Labute approximate surface area is 130 Å². The molecule has 1 aliphatic heterocycles. The van der Waals surface area contributed by atoms with Crippen molar-refractivity contribution in [2.75, 3.05) is 38.8 Å². The monoisotopic (exact) mass is 306 g/mol. The maximum Gasteiger partial charge on any atom is 0.227 e. The summed E-state index contributed by atoms with van der Waals surface area (Å²) in [5.41, 5.74) is 0.792. The van der Waals surface area contributed by atoms with Crippen LogP contribution in [-0.2, 0) is 14.3 Å². The van der Waals surface area contributed by atoms with E-state index in [0.29, 0.717) is 19.7 Å². The molecule has 2 rings (SSSR count). The topological polar surface area (TPSA) is 67.9 Å². The first-order chi connectivity index (χ1) is 10.7. The van der Waals surface area contributed by atoms with Crippen LogP contribution in [0.5, 0.6) is 5.75 Å². The van der Waals surface area contributed by atoms with Gasteiger partial charge in [-0.05, 0) is 30.7 Å². The van der Waals surface area contributed by atoms with Crippen LogP contribution in [0.25, 0.3) is 0 Å². The van der Waals surface area contributed by atoms with Gasteiger partial charge in [-0.3, -0.25) is 9.59 Å². The third-order valence-corrected chi connectivity index (χ3v) is 3.70. The Bertz CT molecular complexity index is 515. The van der Waals surface area contributed by atoms with Crippen molar-refractivity contribution >= 4 is 17.5 Å². The normalized spacial score (nSPS) is 17.6. The van der Waals surface area contributed by atoms with E-state index in [4.69, 9.17) is 9.47 Å². The van der Waals surface area contributed by atoms with Crippen molar-refractivity contribution in [1.82, 2.24) is 5.32 Å². The molecular formula is C16H22N2O4. The number of nitrogens with zero attached hydrogens (tertiary/aromatic N) is 1. The van der Waals surface area contributed by atoms with E-state index in [1.54, 1.807) is 31.3 Å². The second-order valence-corrected chi connectivity index (χ2v) is 5.24. The van der Waals surface area contributed by atoms with Gasteiger partial charge in [-0.15, -0.1) is 0 Å². The highest BCUT2D eigenvalue weighted by Gasteiger charge is 2.34. The van der Waals surface area contributed by atoms with Gasteiger partial charge in [0.2, 0.25) is 11.8 Å². The van der Waals surface area contributed by atoms with Crippen LogP contribution in [0.4, 0.5) is 5.69 Å². The summed E-state index contributed by atoms with van der Waals surface area (Å²) in [6.07, 6.45) is 1.02. The zero-order valence-electron chi connectivity index (χ0n) is 13.0. The second kappa shape index (κ2) is 7.79. The molecule has 1 atom stereocenters. The molecule has 120 valence electrons. The van der Waals surface area contributed by atoms with Crippen LogP contribution >= 0.6 is 0 Å². The average Bonchev–Trinajstić information content (AvgIpc) is 2.93. The van der Waals surface area contributed by atoms with Crippen LogP contribution < -0.4 is 15.0 Å². The molecule has 1 N–H and O–H groups in total. The van der Waals surface area contributed by atoms with E-state index in [2.05, 4.69) is 5.32 Å². The molecule has 0 saturated carbocycles. The highest BCUT2D eigenvalue weighted by molar-refractivity contribution is 6.00. The molecule has 2 amide bonds. The minimum atomic E-state index is -0.294. The molecule has 6 heteroatoms. The number of amides is 2. The molecule has 1 heterocycles. The smallest absolute Gasteiger partial charge is 0.227 e. The Morgan fingerprint density at radius 3 is 2.68 bits per heavy atom. The molecule has 0 bridgehead atoms. The van der Waals surface area contributed by atoms with Crippen molar-refractivity contribution in [2.45, 2.75) is 12.8 Å². The predicted molar refractivity (Wildman–Crippen MR) is 83.0 cm³/mol. The number of carbonyl (C=O) groups excluding carboxylic acids is 2. The number of ether oxygens (including phenoxy) is 2. The van der Waals surface area contributed by atoms with Gasteiger partial charge in [0.1, 0.15) is 5.75 Å². The Kier molecular flexibility index (Phi) is 5.77. The molecule has 1 fully saturated rings. The highest BCUT2D eigenvalue weighted by Crippen LogP contribution is 2.26. The van der Waals surface area contributed by atoms with Crippen LogP contribution in [0.2, 0.25) is 0 Å². The number of methoxy groups -OCH3 is 2. The Morgan fingerprint density at radius 2 is 2.05 bits per heavy atom. The Hall–Kier alpha value is -2.08. The van der Waals surface area contributed by atoms with Crippen molar-refractivity contribution in [1.29, 1.82) is 0 Å². The summed E-state index contributed by atoms with van der Waals surface area (Å²) in [4.78, 5) is 25.8. The number of carbonyl (C=O) groups is 2. The predicted octanol–water partition coefficient (Wildman–Crippen LogP) is 1.20. The minimum Gasteiger partial charge on any atom is -0.497 e. The summed E-state index contributed by atoms with van der Waals surface area (Å²) in [6, 6.07) is 7.27. The molecule has 0 radical (unpaired) electrons. The molecule has 0 spiro atoms. The zero-order valence-corrected chi connectivity index (χ0v) is 13.0. The average molecular weight is 306 g/mol. The highest BCUT2D eigenvalue weighted by atomic mass is 16.5. The van der Waals surface area contributed by atoms with Gasteiger partial charge in [0.25, 0.3) is 0 Å². The summed E-state index contributed by atoms with van der Waals surface area (Å²) in [5.74, 6) is 0.350. The number of anilines is 1. The number of rotatable bonds is 7. The molecule has 0 aromatic heterocycles. The number of benzene rings is 1. The fraction of sp³-hybridized carbons (Fsp3) is 0.500. The largest absolute Gasteiger partial charge is 0.497 e. The van der Waals surface area contributed by atoms with Gasteiger partial charge >= 0.3 is 0 Å². The lowest BCUT2D eigenvalue weighted by atomic mass is 10.1. The van der Waals surface area contributed by atoms with Gasteiger partial charge in [-0.1, -0.05) is 0 Å². The number of nitrogens with one attached hydrogen (secondary N) is 1. The van der Waals surface area contributed by atoms with E-state index < -0.39 is 0 Å². The molecule has 0 unspecified atom stereocenters. The van der Waals surface area contributed by atoms with Gasteiger partial charge in [-0.25, -0.2) is 0 Å². The molecule has 1 aromatic rings. The van der Waals surface area contributed by atoms with Gasteiger partial charge in [0.15, 0.2) is 0 Å². The lowest BCUT2D eigenvalue weighted by Crippen LogP contribution is -2.33. The van der Waals surface area contributed by atoms with Gasteiger partial charge in [-0.2, -0.15) is 0 Å². The summed E-state index contributed by atoms with van der Waals surface area (Å²) in [5, 5.41) is 2.85. The van der Waals surface area contributed by atoms with Crippen LogP contribution in [-0.4, -0.2) is 45.7 Å². The molecule has 1 aliphatic rings. The molecule has 1 aromatic carbocycles. The third kappa shape index (κ3) is 3.98. The molecule has 6 nitrogen and oxygen atoms in total. The van der Waals surface area contributed by atoms with E-state index >= 15 is 0 Å². The second-order valence-electron chi connectivity index (χ2n) is 5.24. The quantitative estimate of drug-likeness (QED) is 0.769. The van der Waals surface area contributed by atoms with E-state index in [0.717, 1.165) is 17.9 Å². The van der Waals surface area contributed by atoms with Crippen molar-refractivity contribution in [3.05, 3.63) is 24.3 Å². The van der Waals surface area contributed by atoms with Crippen molar-refractivity contribution in [3.8, 4) is 5.75 Å². The Morgan fingerprint density at radius 1 is 1.32 bits per heavy atom. The van der Waals surface area contributed by atoms with Gasteiger partial charge < -0.3 is 19.7 Å². The molecule has 22 heavy (non-hydrogen) atoms. The zero-order chi connectivity index (χ0) is 15.9. The first-order valence-corrected chi connectivity index (χ1v) is 7.36. The van der Waals surface area contributed by atoms with Crippen molar-refractivity contribution in [2.24, 2.45) is 5.92 Å². The van der Waals surface area contributed by atoms with Crippen molar-refractivity contribution in [3.63, 3.8) is 0 Å². The summed E-state index contributed by atoms with van der Waals surface area (Å²) in [6.45, 7) is 1.60. The van der Waals surface area contributed by atoms with E-state index in [-0.39, 0.29) is 24.2 Å². The molecule has 0 aliphatic carbocycles. The van der Waals surface area contributed by atoms with Gasteiger partial charge in [0, 0.05) is 38.9 Å². The number of hydrogen-bond acceptors (Lipinski definition) is 4. The lowest BCUT2D eigenvalue weighted by Gasteiger charge is -2.17. The summed E-state index contributed by atoms with van der Waals surface area (Å²) < 4.78 is 10.0. The van der Waals surface area contributed by atoms with Crippen LogP contribution in [0.3, 0.4) is 0 Å². The standard InChI is InChI=1S/C16H22N2O4/c1-21-9-3-8-17-16(20)12-10-15(19)18(11-12)13-4-6-14(22-2)7-5-13/h4-7,12H,3,8-11H2,1-2H3,(H,17,20)/t12-/m1/s1. The maximum atomic E-state index is 12.1. The van der Waals surface area contributed by atoms with E-state index in [1.165, 1.54) is 0 Å². The number of hydrogen-bond donors (Lipinski definition) is 1. The fourth-order valence-corrected chi connectivity index (χ4v) is 2.47. The lowest BCUT2D eigenvalue weighted by molar-refractivity contribution is -0.126. The van der Waals surface area contributed by atoms with Crippen LogP contribution in [0, 0.1) is 5.92 Å². The summed E-state index contributed by atoms with van der Waals surface area (Å²) in [7, 11) is 3.23. The minimum absolute atomic E-state index is 0.0257. The van der Waals surface area contributed by atoms with Crippen molar-refractivity contribution < 1.29 is 19.1 Å². The molecular weight excluding hydrogens is 284 g/mol. The summed E-state index contributed by atoms with van der Waals surface area (Å²) >= 11 is 0. The third-order valence-electron chi connectivity index (χ3n) is 3.70. The maximum absolute atomic E-state index is 12.1. The fourth-order valence-electron chi connectivity index (χ4n) is 2.47. The van der Waals surface area contributed by atoms with E-state index in [9.17, 15) is 9.59 Å². The SMILES string of the molecule is COCCCNC(=O)[C@@H]1CC(=O)N(c2ccc(OC)cc2)C1. The Balaban J connectivity index is 1.90. The first-order valence-electron chi connectivity index (χ1n) is 7.36. The van der Waals surface area contributed by atoms with E-state index in [1.807, 2.05) is 12.1 Å². The molecule has 1 saturated heterocycles. The van der Waals surface area contributed by atoms with Crippen LogP contribution in [0.15, 0.2) is 24.3 Å². The first kappa shape index (κ1) is 16.3. The van der Waals surface area contributed by atoms with Crippen LogP contribution in [0.1, 0.15) is 12.8 Å². The van der Waals surface area contributed by atoms with Gasteiger partial charge in [0.05, 0.1) is 13.0 Å².